The molecule has 26 nitrogen and oxygen atoms in total. The van der Waals surface area contributed by atoms with Crippen molar-refractivity contribution in [2.45, 2.75) is 131 Å². The molecule has 4 heterocycles. The van der Waals surface area contributed by atoms with Crippen LogP contribution >= 0.6 is 0 Å². The molecule has 2 saturated carbocycles. The molecule has 94 heavy (non-hydrogen) atoms. The van der Waals surface area contributed by atoms with Crippen LogP contribution in [0.3, 0.4) is 0 Å². The third-order valence-electron chi connectivity index (χ3n) is 15.9. The number of hydrogen-bond donors (Lipinski definition) is 5. The van der Waals surface area contributed by atoms with Gasteiger partial charge in [0.05, 0.1) is 104 Å². The summed E-state index contributed by atoms with van der Waals surface area (Å²) in [6, 6.07) is 17.9. The molecule has 2 fully saturated rings. The number of nitrogens with one attached hydrogen (secondary N) is 5. The first kappa shape index (κ1) is 71.7. The number of aryl methyl sites for hydroxylation is 4. The number of carbonyl (C=O) groups excluding carboxylic acids is 5. The van der Waals surface area contributed by atoms with Crippen molar-refractivity contribution >= 4 is 35.3 Å². The Bertz CT molecular complexity index is 3250. The van der Waals surface area contributed by atoms with E-state index in [1.807, 2.05) is 49.0 Å². The predicted molar refractivity (Wildman–Crippen MR) is 348 cm³/mol. The van der Waals surface area contributed by atoms with E-state index < -0.39 is 24.0 Å². The fourth-order valence-electron chi connectivity index (χ4n) is 10.7. The maximum atomic E-state index is 14.0. The van der Waals surface area contributed by atoms with Crippen LogP contribution in [0.25, 0.3) is 11.1 Å². The second-order valence-corrected chi connectivity index (χ2v) is 24.8. The van der Waals surface area contributed by atoms with Gasteiger partial charge in [-0.25, -0.2) is 9.78 Å². The van der Waals surface area contributed by atoms with E-state index in [9.17, 15) is 24.0 Å². The summed E-state index contributed by atoms with van der Waals surface area (Å²) in [5.41, 5.74) is 6.13. The summed E-state index contributed by atoms with van der Waals surface area (Å²) in [5.74, 6) is 0.314. The Morgan fingerprint density at radius 1 is 0.723 bits per heavy atom. The first-order valence-electron chi connectivity index (χ1n) is 32.7. The zero-order valence-corrected chi connectivity index (χ0v) is 55.2. The SMILES string of the molecule is COC(=O)[C@H](CCC(C)(C)C)NC(=O)c1ccc(Oc2cccc(OCC(=O)NCCOCCOCCOCCOCCOCCOCc3cn(CCCCCCn4nccc4C(=O)N[C@H](C(=O)Nc4ccc(-c5c(C)n[nH]c5C)cc4)C(C4CC4)C4CC4)nn3)c2)nc1. The Hall–Kier alpha value is -8.14. The highest BCUT2D eigenvalue weighted by atomic mass is 16.6. The zero-order valence-electron chi connectivity index (χ0n) is 55.2. The van der Waals surface area contributed by atoms with Crippen molar-refractivity contribution in [1.82, 2.24) is 55.9 Å². The normalized spacial score (nSPS) is 13.7. The number of nitrogens with zero attached hydrogens (tertiary/aromatic N) is 7. The van der Waals surface area contributed by atoms with E-state index in [-0.39, 0.29) is 47.1 Å². The second-order valence-electron chi connectivity index (χ2n) is 24.8. The van der Waals surface area contributed by atoms with E-state index >= 15 is 0 Å². The molecule has 0 saturated heterocycles. The minimum atomic E-state index is -0.780. The molecule has 6 aromatic rings. The summed E-state index contributed by atoms with van der Waals surface area (Å²) in [6.07, 6.45) is 14.1. The third kappa shape index (κ3) is 24.6. The zero-order chi connectivity index (χ0) is 66.5. The molecule has 2 atom stereocenters. The lowest BCUT2D eigenvalue weighted by atomic mass is 9.88. The van der Waals surface area contributed by atoms with Crippen LogP contribution in [-0.2, 0) is 67.2 Å². The molecule has 8 rings (SSSR count). The van der Waals surface area contributed by atoms with E-state index in [0.29, 0.717) is 140 Å². The van der Waals surface area contributed by atoms with Gasteiger partial charge in [-0.1, -0.05) is 57.0 Å². The first-order valence-corrected chi connectivity index (χ1v) is 32.7. The molecular weight excluding hydrogens is 1210 g/mol. The topological polar surface area (TPSA) is 307 Å². The van der Waals surface area contributed by atoms with Crippen LogP contribution in [-0.4, -0.2) is 175 Å². The minimum Gasteiger partial charge on any atom is -0.484 e. The highest BCUT2D eigenvalue weighted by molar-refractivity contribution is 6.01. The van der Waals surface area contributed by atoms with Gasteiger partial charge in [0.1, 0.15) is 35.0 Å². The van der Waals surface area contributed by atoms with Gasteiger partial charge < -0.3 is 63.9 Å². The quantitative estimate of drug-likeness (QED) is 0.0179. The average Bonchev–Trinajstić information content (AvgIpc) is 1.62. The summed E-state index contributed by atoms with van der Waals surface area (Å²) in [7, 11) is 1.29. The van der Waals surface area contributed by atoms with Gasteiger partial charge in [-0.05, 0) is 130 Å². The molecule has 2 aliphatic rings. The number of benzene rings is 2. The summed E-state index contributed by atoms with van der Waals surface area (Å²) in [5, 5.41) is 32.1. The molecular formula is C68H94N12O14. The molecule has 4 amide bonds. The lowest BCUT2D eigenvalue weighted by Gasteiger charge is -2.27. The van der Waals surface area contributed by atoms with Crippen LogP contribution in [0, 0.1) is 37.0 Å². The maximum Gasteiger partial charge on any atom is 0.328 e. The van der Waals surface area contributed by atoms with Crippen LogP contribution in [0.5, 0.6) is 17.4 Å². The van der Waals surface area contributed by atoms with Crippen molar-refractivity contribution in [3.8, 4) is 28.5 Å². The van der Waals surface area contributed by atoms with E-state index in [1.54, 1.807) is 53.3 Å². The Kier molecular flexibility index (Phi) is 28.7. The van der Waals surface area contributed by atoms with Crippen molar-refractivity contribution in [3.05, 3.63) is 114 Å². The number of aromatic amines is 1. The molecule has 0 aliphatic heterocycles. The number of rotatable bonds is 45. The fourth-order valence-corrected chi connectivity index (χ4v) is 10.7. The Labute approximate surface area is 549 Å². The molecule has 0 unspecified atom stereocenters. The van der Waals surface area contributed by atoms with Gasteiger partial charge in [-0.2, -0.15) is 10.2 Å². The number of hydrogen-bond acceptors (Lipinski definition) is 19. The van der Waals surface area contributed by atoms with E-state index in [0.717, 1.165) is 86.1 Å². The molecule has 26 heteroatoms. The van der Waals surface area contributed by atoms with Gasteiger partial charge in [0.25, 0.3) is 17.7 Å². The molecule has 2 aliphatic carbocycles. The first-order chi connectivity index (χ1) is 45.6. The molecule has 0 radical (unpaired) electrons. The predicted octanol–water partition coefficient (Wildman–Crippen LogP) is 8.00. The number of unbranched alkanes of at least 4 members (excludes halogenated alkanes) is 3. The summed E-state index contributed by atoms with van der Waals surface area (Å²) in [6.45, 7) is 16.3. The molecule has 5 N–H and O–H groups in total. The van der Waals surface area contributed by atoms with Crippen LogP contribution in [0.1, 0.15) is 123 Å². The smallest absolute Gasteiger partial charge is 0.328 e. The maximum absolute atomic E-state index is 14.0. The number of H-pyrrole nitrogens is 1. The Morgan fingerprint density at radius 2 is 1.37 bits per heavy atom. The number of methoxy groups -OCH3 is 1. The standard InChI is InChI=1S/C68H94N12O14/c1-47-61(48(2)76-75-47)49-18-21-53(22-19-49)72-66(84)63(62(50-14-15-50)51-16-17-51)74-65(83)58-25-27-71-80(58)30-10-8-7-9-29-79-44-54(77-78-79)45-92-41-40-91-39-38-90-37-36-89-35-34-88-33-32-87-31-28-69-59(81)46-93-55-12-11-13-56(42-55)94-60-23-20-52(43-70-60)64(82)73-57(67(85)86-6)24-26-68(3,4)5/h11-13,18-23,25,27,42-44,50-51,57,62-63H,7-10,14-17,24,26,28-41,45-46H2,1-6H3,(H,69,81)(H,72,84)(H,73,82)(H,74,83)(H,75,76)/t57-,63-/m0/s1. The summed E-state index contributed by atoms with van der Waals surface area (Å²) < 4.78 is 53.6. The van der Waals surface area contributed by atoms with Gasteiger partial charge in [-0.3, -0.25) is 33.6 Å². The Balaban J connectivity index is 0.573. The summed E-state index contributed by atoms with van der Waals surface area (Å²) in [4.78, 5) is 69.8. The lowest BCUT2D eigenvalue weighted by Crippen LogP contribution is -2.50. The van der Waals surface area contributed by atoms with Crippen LogP contribution in [0.4, 0.5) is 5.69 Å². The second kappa shape index (κ2) is 37.7. The van der Waals surface area contributed by atoms with E-state index in [2.05, 4.69) is 72.6 Å². The van der Waals surface area contributed by atoms with Crippen molar-refractivity contribution in [1.29, 1.82) is 0 Å². The Morgan fingerprint density at radius 3 is 1.99 bits per heavy atom. The average molecular weight is 1300 g/mol. The number of anilines is 1. The lowest BCUT2D eigenvalue weighted by molar-refractivity contribution is -0.143. The number of ether oxygens (including phenoxy) is 9. The summed E-state index contributed by atoms with van der Waals surface area (Å²) >= 11 is 0. The van der Waals surface area contributed by atoms with Crippen LogP contribution < -0.4 is 30.7 Å². The van der Waals surface area contributed by atoms with Crippen molar-refractivity contribution in [2.24, 2.45) is 23.2 Å². The van der Waals surface area contributed by atoms with Crippen LogP contribution in [0.15, 0.2) is 85.3 Å². The number of pyridine rings is 1. The number of esters is 1. The largest absolute Gasteiger partial charge is 0.484 e. The van der Waals surface area contributed by atoms with Gasteiger partial charge >= 0.3 is 5.97 Å². The number of amides is 4. The molecule has 510 valence electrons. The van der Waals surface area contributed by atoms with Crippen molar-refractivity contribution in [2.75, 3.05) is 98.3 Å². The minimum absolute atomic E-state index is 0.0201. The van der Waals surface area contributed by atoms with Gasteiger partial charge in [0.2, 0.25) is 11.8 Å². The van der Waals surface area contributed by atoms with Crippen molar-refractivity contribution < 1.29 is 66.6 Å². The van der Waals surface area contributed by atoms with Crippen molar-refractivity contribution in [3.63, 3.8) is 0 Å². The van der Waals surface area contributed by atoms with Gasteiger partial charge in [-0.15, -0.1) is 5.10 Å². The highest BCUT2D eigenvalue weighted by Gasteiger charge is 2.48. The molecule has 0 spiro atoms. The van der Waals surface area contributed by atoms with Gasteiger partial charge in [0, 0.05) is 61.1 Å². The molecule has 0 bridgehead atoms. The van der Waals surface area contributed by atoms with Gasteiger partial charge in [0.15, 0.2) is 6.61 Å². The highest BCUT2D eigenvalue weighted by Crippen LogP contribution is 2.51. The molecule has 4 aromatic heterocycles. The third-order valence-corrected chi connectivity index (χ3v) is 15.9. The fraction of sp³-hybridized carbons (Fsp3) is 0.559. The van der Waals surface area contributed by atoms with E-state index in [1.165, 1.54) is 13.3 Å². The number of aromatic nitrogens is 8. The molecule has 2 aromatic carbocycles. The monoisotopic (exact) mass is 1300 g/mol. The number of carbonyl (C=O) groups is 5. The van der Waals surface area contributed by atoms with Crippen LogP contribution in [0.2, 0.25) is 0 Å². The van der Waals surface area contributed by atoms with E-state index in [4.69, 9.17) is 42.6 Å².